The summed E-state index contributed by atoms with van der Waals surface area (Å²) in [6.45, 7) is 1.90. The Kier molecular flexibility index (Phi) is 11.5. The maximum atomic E-state index is 13.3. The molecule has 2 aliphatic rings. The van der Waals surface area contributed by atoms with E-state index in [1.807, 2.05) is 55.7 Å². The normalized spacial score (nSPS) is 18.2. The predicted molar refractivity (Wildman–Crippen MR) is 134 cm³/mol. The highest BCUT2D eigenvalue weighted by Crippen LogP contribution is 2.23. The van der Waals surface area contributed by atoms with Crippen molar-refractivity contribution in [1.82, 2.24) is 4.90 Å². The van der Waals surface area contributed by atoms with Crippen LogP contribution in [-0.2, 0) is 4.74 Å². The Bertz CT molecular complexity index is 949. The SMILES string of the molecule is C/N=C/N=C\C(/C=C/N(C)/C=C/COC1=CCC=NC(F)=C1)CC1=C(C)C=C(CF)CC=C1. The summed E-state index contributed by atoms with van der Waals surface area (Å²) < 4.78 is 32.0. The lowest BCUT2D eigenvalue weighted by molar-refractivity contribution is 0.258. The first kappa shape index (κ1) is 25.9. The van der Waals surface area contributed by atoms with Crippen molar-refractivity contribution in [3.8, 4) is 0 Å². The molecule has 1 unspecified atom stereocenters. The molecule has 0 aromatic carbocycles. The molecule has 33 heavy (non-hydrogen) atoms. The van der Waals surface area contributed by atoms with Crippen LogP contribution in [0.3, 0.4) is 0 Å². The number of alkyl halides is 1. The van der Waals surface area contributed by atoms with Crippen molar-refractivity contribution in [2.75, 3.05) is 27.4 Å². The van der Waals surface area contributed by atoms with Crippen molar-refractivity contribution in [3.63, 3.8) is 0 Å². The molecule has 0 aromatic heterocycles. The van der Waals surface area contributed by atoms with Crippen molar-refractivity contribution in [3.05, 3.63) is 83.4 Å². The number of aliphatic imine (C=N–C) groups is 3. The molecule has 0 fully saturated rings. The van der Waals surface area contributed by atoms with Gasteiger partial charge in [0.15, 0.2) is 0 Å². The largest absolute Gasteiger partial charge is 0.490 e. The summed E-state index contributed by atoms with van der Waals surface area (Å²) in [5.41, 5.74) is 3.01. The standard InChI is InChI=1S/C26H32F2N4O/c1-21-15-22(18-27)7-4-8-24(21)16-23(19-30-20-29-2)10-13-32(3)12-6-14-33-25-9-5-11-31-26(28)17-25/h4,6,8-13,15,17,19-20,23H,5,7,14,16,18H2,1-3H3/b12-6+,13-10+,29-20+,30-19-. The molecule has 0 radical (unpaired) electrons. The second-order valence-electron chi connectivity index (χ2n) is 7.61. The fourth-order valence-electron chi connectivity index (χ4n) is 3.18. The van der Waals surface area contributed by atoms with Crippen LogP contribution in [0.2, 0.25) is 0 Å². The van der Waals surface area contributed by atoms with Crippen LogP contribution < -0.4 is 0 Å². The summed E-state index contributed by atoms with van der Waals surface area (Å²) in [7, 11) is 3.59. The molecule has 0 spiro atoms. The Balaban J connectivity index is 1.98. The van der Waals surface area contributed by atoms with Crippen molar-refractivity contribution < 1.29 is 13.5 Å². The Morgan fingerprint density at radius 2 is 2.15 bits per heavy atom. The molecule has 1 aliphatic heterocycles. The van der Waals surface area contributed by atoms with Crippen LogP contribution in [-0.4, -0.2) is 51.0 Å². The Morgan fingerprint density at radius 1 is 1.30 bits per heavy atom. The maximum absolute atomic E-state index is 13.3. The van der Waals surface area contributed by atoms with Crippen LogP contribution in [0.15, 0.2) is 98.3 Å². The van der Waals surface area contributed by atoms with E-state index in [-0.39, 0.29) is 5.92 Å². The summed E-state index contributed by atoms with van der Waals surface area (Å²) in [6.07, 6.45) is 23.6. The number of rotatable bonds is 11. The third kappa shape index (κ3) is 10.2. The summed E-state index contributed by atoms with van der Waals surface area (Å²) in [5.74, 6) is -0.0602. The topological polar surface area (TPSA) is 49.5 Å². The Hall–Kier alpha value is -3.35. The number of allylic oxidation sites excluding steroid dienone is 9. The van der Waals surface area contributed by atoms with E-state index < -0.39 is 12.6 Å². The van der Waals surface area contributed by atoms with Crippen LogP contribution in [0.1, 0.15) is 26.2 Å². The summed E-state index contributed by atoms with van der Waals surface area (Å²) in [5, 5.41) is 0. The fraction of sp³-hybridized carbons (Fsp3) is 0.346. The van der Waals surface area contributed by atoms with Crippen LogP contribution in [0, 0.1) is 5.92 Å². The second kappa shape index (κ2) is 14.7. The molecule has 1 aliphatic carbocycles. The number of ether oxygens (including phenoxy) is 1. The smallest absolute Gasteiger partial charge is 0.216 e. The number of hydrogen-bond acceptors (Lipinski definition) is 4. The summed E-state index contributed by atoms with van der Waals surface area (Å²) in [4.78, 5) is 13.7. The third-order valence-corrected chi connectivity index (χ3v) is 4.87. The van der Waals surface area contributed by atoms with Crippen LogP contribution in [0.25, 0.3) is 0 Å². The van der Waals surface area contributed by atoms with E-state index in [9.17, 15) is 8.78 Å². The van der Waals surface area contributed by atoms with Crippen molar-refractivity contribution >= 4 is 18.8 Å². The zero-order valence-electron chi connectivity index (χ0n) is 19.5. The van der Waals surface area contributed by atoms with Crippen LogP contribution in [0.4, 0.5) is 8.78 Å². The van der Waals surface area contributed by atoms with Gasteiger partial charge in [-0.2, -0.15) is 4.39 Å². The molecule has 0 N–H and O–H groups in total. The summed E-state index contributed by atoms with van der Waals surface area (Å²) in [6, 6.07) is 0. The van der Waals surface area contributed by atoms with Gasteiger partial charge in [-0.3, -0.25) is 4.99 Å². The minimum atomic E-state index is -0.561. The third-order valence-electron chi connectivity index (χ3n) is 4.87. The highest BCUT2D eigenvalue weighted by Gasteiger charge is 2.09. The van der Waals surface area contributed by atoms with Gasteiger partial charge in [-0.25, -0.2) is 14.4 Å². The highest BCUT2D eigenvalue weighted by molar-refractivity contribution is 5.75. The molecule has 176 valence electrons. The van der Waals surface area contributed by atoms with Crippen LogP contribution in [0.5, 0.6) is 0 Å². The molecule has 0 aromatic rings. The lowest BCUT2D eigenvalue weighted by Crippen LogP contribution is -2.06. The molecule has 1 atom stereocenters. The van der Waals surface area contributed by atoms with Crippen LogP contribution >= 0.6 is 0 Å². The molecular formula is C26H32F2N4O. The monoisotopic (exact) mass is 454 g/mol. The Labute approximate surface area is 195 Å². The van der Waals surface area contributed by atoms with E-state index in [0.717, 1.165) is 23.1 Å². The molecule has 1 heterocycles. The van der Waals surface area contributed by atoms with Gasteiger partial charge in [0, 0.05) is 51.1 Å². The molecule has 0 bridgehead atoms. The minimum Gasteiger partial charge on any atom is -0.490 e. The van der Waals surface area contributed by atoms with Crippen molar-refractivity contribution in [1.29, 1.82) is 0 Å². The van der Waals surface area contributed by atoms with Gasteiger partial charge >= 0.3 is 0 Å². The first-order chi connectivity index (χ1) is 16.0. The first-order valence-corrected chi connectivity index (χ1v) is 10.9. The molecular weight excluding hydrogens is 422 g/mol. The second-order valence-corrected chi connectivity index (χ2v) is 7.61. The zero-order valence-corrected chi connectivity index (χ0v) is 19.5. The molecule has 2 rings (SSSR count). The molecule has 0 amide bonds. The van der Waals surface area contributed by atoms with Gasteiger partial charge in [0.2, 0.25) is 5.95 Å². The van der Waals surface area contributed by atoms with Gasteiger partial charge in [-0.15, -0.1) is 0 Å². The van der Waals surface area contributed by atoms with Gasteiger partial charge in [0.05, 0.1) is 0 Å². The highest BCUT2D eigenvalue weighted by atomic mass is 19.1. The Morgan fingerprint density at radius 3 is 2.94 bits per heavy atom. The predicted octanol–water partition coefficient (Wildman–Crippen LogP) is 6.04. The first-order valence-electron chi connectivity index (χ1n) is 10.9. The van der Waals surface area contributed by atoms with E-state index in [2.05, 4.69) is 27.1 Å². The van der Waals surface area contributed by atoms with Gasteiger partial charge < -0.3 is 9.64 Å². The molecule has 7 heteroatoms. The van der Waals surface area contributed by atoms with Gasteiger partial charge in [0.1, 0.15) is 25.4 Å². The minimum absolute atomic E-state index is 0.0364. The zero-order chi connectivity index (χ0) is 23.9. The number of halogens is 2. The van der Waals surface area contributed by atoms with Crippen molar-refractivity contribution in [2.24, 2.45) is 20.9 Å². The van der Waals surface area contributed by atoms with E-state index in [0.29, 0.717) is 25.2 Å². The fourth-order valence-corrected chi connectivity index (χ4v) is 3.18. The van der Waals surface area contributed by atoms with E-state index in [1.54, 1.807) is 13.1 Å². The summed E-state index contributed by atoms with van der Waals surface area (Å²) >= 11 is 0. The lowest BCUT2D eigenvalue weighted by Gasteiger charge is -2.13. The molecule has 5 nitrogen and oxygen atoms in total. The van der Waals surface area contributed by atoms with E-state index >= 15 is 0 Å². The van der Waals surface area contributed by atoms with Gasteiger partial charge in [-0.05, 0) is 54.8 Å². The average molecular weight is 455 g/mol. The molecule has 0 saturated carbocycles. The number of hydrogen-bond donors (Lipinski definition) is 0. The lowest BCUT2D eigenvalue weighted by atomic mass is 9.96. The van der Waals surface area contributed by atoms with Gasteiger partial charge in [0.25, 0.3) is 0 Å². The van der Waals surface area contributed by atoms with Gasteiger partial charge in [-0.1, -0.05) is 24.3 Å². The maximum Gasteiger partial charge on any atom is 0.216 e. The van der Waals surface area contributed by atoms with Crippen molar-refractivity contribution in [2.45, 2.75) is 26.2 Å². The average Bonchev–Trinajstić information content (AvgIpc) is 3.12. The van der Waals surface area contributed by atoms with E-state index in [4.69, 9.17) is 4.74 Å². The quantitative estimate of drug-likeness (QED) is 0.217. The van der Waals surface area contributed by atoms with E-state index in [1.165, 1.54) is 18.6 Å². The number of nitrogens with zero attached hydrogens (tertiary/aromatic N) is 4. The molecule has 0 saturated heterocycles.